The molecule has 0 unspecified atom stereocenters. The number of carbonyl (C=O) groups excluding carboxylic acids is 1. The van der Waals surface area contributed by atoms with Gasteiger partial charge in [-0.25, -0.2) is 0 Å². The van der Waals surface area contributed by atoms with E-state index in [0.717, 1.165) is 6.42 Å². The summed E-state index contributed by atoms with van der Waals surface area (Å²) in [5.41, 5.74) is 0. The van der Waals surface area contributed by atoms with Crippen LogP contribution in [0.25, 0.3) is 0 Å². The van der Waals surface area contributed by atoms with Crippen molar-refractivity contribution >= 4 is 29.2 Å². The Bertz CT molecular complexity index is 453. The summed E-state index contributed by atoms with van der Waals surface area (Å²) >= 11 is 12.4. The standard InChI is InChI=1S/C17H22Cl2O3/c1-4-6-7-8-14(19)16-11-17(21-12(3)20)15(22-16)10-9-13(18)5-2/h1,6-7,9-10,13-17H,5,8,11H2,2-3H3/b7-6-,10-9-/t13-,14-,15+,16-,17-/m1/s1. The number of hydrogen-bond donors (Lipinski definition) is 0. The predicted molar refractivity (Wildman–Crippen MR) is 90.1 cm³/mol. The van der Waals surface area contributed by atoms with E-state index in [1.54, 1.807) is 6.08 Å². The lowest BCUT2D eigenvalue weighted by atomic mass is 10.1. The van der Waals surface area contributed by atoms with Crippen molar-refractivity contribution in [2.45, 2.75) is 62.2 Å². The van der Waals surface area contributed by atoms with E-state index < -0.39 is 0 Å². The molecule has 0 aliphatic carbocycles. The predicted octanol–water partition coefficient (Wildman–Crippen LogP) is 3.84. The van der Waals surface area contributed by atoms with Crippen LogP contribution < -0.4 is 0 Å². The van der Waals surface area contributed by atoms with E-state index in [-0.39, 0.29) is 35.0 Å². The smallest absolute Gasteiger partial charge is 0.303 e. The molecular weight excluding hydrogens is 323 g/mol. The molecule has 0 radical (unpaired) electrons. The Morgan fingerprint density at radius 1 is 1.55 bits per heavy atom. The molecule has 0 aromatic rings. The summed E-state index contributed by atoms with van der Waals surface area (Å²) < 4.78 is 11.3. The SMILES string of the molecule is C#C/C=C\C[C@@H](Cl)[C@H]1C[C@@H](OC(C)=O)[C@H](/C=C\[C@H](Cl)CC)O1. The minimum absolute atomic E-state index is 0.0639. The zero-order chi connectivity index (χ0) is 16.5. The first-order chi connectivity index (χ1) is 10.5. The molecule has 0 aromatic carbocycles. The highest BCUT2D eigenvalue weighted by atomic mass is 35.5. The molecule has 1 saturated heterocycles. The topological polar surface area (TPSA) is 35.5 Å². The van der Waals surface area contributed by atoms with Crippen LogP contribution in [0.3, 0.4) is 0 Å². The van der Waals surface area contributed by atoms with E-state index in [9.17, 15) is 4.79 Å². The van der Waals surface area contributed by atoms with Crippen molar-refractivity contribution in [3.8, 4) is 12.3 Å². The van der Waals surface area contributed by atoms with Gasteiger partial charge in [0.2, 0.25) is 0 Å². The van der Waals surface area contributed by atoms with Crippen LogP contribution in [0.15, 0.2) is 24.3 Å². The molecule has 0 aromatic heterocycles. The molecule has 0 bridgehead atoms. The van der Waals surface area contributed by atoms with E-state index in [2.05, 4.69) is 5.92 Å². The number of carbonyl (C=O) groups is 1. The lowest BCUT2D eigenvalue weighted by Gasteiger charge is -2.16. The Hall–Kier alpha value is -0.950. The molecule has 0 saturated carbocycles. The molecule has 3 nitrogen and oxygen atoms in total. The lowest BCUT2D eigenvalue weighted by molar-refractivity contribution is -0.147. The second-order valence-electron chi connectivity index (χ2n) is 5.15. The van der Waals surface area contributed by atoms with Crippen LogP contribution in [0.4, 0.5) is 0 Å². The second kappa shape index (κ2) is 9.94. The van der Waals surface area contributed by atoms with Crippen molar-refractivity contribution in [3.05, 3.63) is 24.3 Å². The third-order valence-electron chi connectivity index (χ3n) is 3.36. The van der Waals surface area contributed by atoms with Gasteiger partial charge in [-0.3, -0.25) is 4.79 Å². The first kappa shape index (κ1) is 19.1. The maximum Gasteiger partial charge on any atom is 0.303 e. The van der Waals surface area contributed by atoms with E-state index in [1.807, 2.05) is 25.2 Å². The quantitative estimate of drug-likeness (QED) is 0.304. The van der Waals surface area contributed by atoms with Gasteiger partial charge >= 0.3 is 5.97 Å². The molecule has 22 heavy (non-hydrogen) atoms. The summed E-state index contributed by atoms with van der Waals surface area (Å²) in [6.45, 7) is 3.38. The number of terminal acetylenes is 1. The molecule has 5 heteroatoms. The second-order valence-corrected chi connectivity index (χ2v) is 6.27. The van der Waals surface area contributed by atoms with E-state index in [0.29, 0.717) is 12.8 Å². The van der Waals surface area contributed by atoms with Crippen molar-refractivity contribution in [3.63, 3.8) is 0 Å². The average Bonchev–Trinajstić information content (AvgIpc) is 2.87. The molecule has 1 aliphatic rings. The van der Waals surface area contributed by atoms with Crippen molar-refractivity contribution in [1.29, 1.82) is 0 Å². The van der Waals surface area contributed by atoms with Crippen LogP contribution in [-0.4, -0.2) is 35.0 Å². The minimum atomic E-state index is -0.336. The molecule has 1 aliphatic heterocycles. The summed E-state index contributed by atoms with van der Waals surface area (Å²) in [5, 5.41) is -0.287. The number of esters is 1. The van der Waals surface area contributed by atoms with Gasteiger partial charge in [0, 0.05) is 13.3 Å². The van der Waals surface area contributed by atoms with Crippen molar-refractivity contribution in [1.82, 2.24) is 0 Å². The molecule has 0 N–H and O–H groups in total. The van der Waals surface area contributed by atoms with Gasteiger partial charge in [-0.15, -0.1) is 29.6 Å². The summed E-state index contributed by atoms with van der Waals surface area (Å²) in [4.78, 5) is 11.2. The molecule has 0 amide bonds. The highest BCUT2D eigenvalue weighted by Crippen LogP contribution is 2.30. The Morgan fingerprint density at radius 2 is 2.27 bits per heavy atom. The number of halogens is 2. The number of ether oxygens (including phenoxy) is 2. The van der Waals surface area contributed by atoms with Gasteiger partial charge in [0.25, 0.3) is 0 Å². The van der Waals surface area contributed by atoms with E-state index >= 15 is 0 Å². The summed E-state index contributed by atoms with van der Waals surface area (Å²) in [7, 11) is 0. The number of hydrogen-bond acceptors (Lipinski definition) is 3. The monoisotopic (exact) mass is 344 g/mol. The largest absolute Gasteiger partial charge is 0.459 e. The van der Waals surface area contributed by atoms with Gasteiger partial charge in [-0.1, -0.05) is 31.1 Å². The van der Waals surface area contributed by atoms with Crippen LogP contribution in [0.5, 0.6) is 0 Å². The van der Waals surface area contributed by atoms with Gasteiger partial charge in [-0.05, 0) is 18.9 Å². The zero-order valence-corrected chi connectivity index (χ0v) is 14.4. The Kier molecular flexibility index (Phi) is 8.63. The number of rotatable bonds is 7. The average molecular weight is 345 g/mol. The molecule has 1 fully saturated rings. The maximum atomic E-state index is 11.2. The van der Waals surface area contributed by atoms with Crippen LogP contribution in [0.1, 0.15) is 33.1 Å². The Balaban J connectivity index is 2.69. The van der Waals surface area contributed by atoms with Crippen LogP contribution in [0.2, 0.25) is 0 Å². The fourth-order valence-corrected chi connectivity index (χ4v) is 2.57. The molecule has 0 spiro atoms. The third kappa shape index (κ3) is 6.44. The summed E-state index contributed by atoms with van der Waals surface area (Å²) in [5.74, 6) is 2.09. The van der Waals surface area contributed by atoms with Gasteiger partial charge < -0.3 is 9.47 Å². The Labute approximate surface area is 142 Å². The summed E-state index contributed by atoms with van der Waals surface area (Å²) in [6.07, 6.45) is 13.5. The van der Waals surface area contributed by atoms with Gasteiger partial charge in [0.05, 0.1) is 16.9 Å². The van der Waals surface area contributed by atoms with Crippen LogP contribution >= 0.6 is 23.2 Å². The minimum Gasteiger partial charge on any atom is -0.459 e. The molecule has 1 rings (SSSR count). The van der Waals surface area contributed by atoms with E-state index in [4.69, 9.17) is 39.1 Å². The molecule has 5 atom stereocenters. The fraction of sp³-hybridized carbons (Fsp3) is 0.588. The normalized spacial score (nSPS) is 27.9. The highest BCUT2D eigenvalue weighted by molar-refractivity contribution is 6.21. The summed E-state index contributed by atoms with van der Waals surface area (Å²) in [6, 6.07) is 0. The fourth-order valence-electron chi connectivity index (χ4n) is 2.22. The van der Waals surface area contributed by atoms with Crippen molar-refractivity contribution < 1.29 is 14.3 Å². The molecule has 122 valence electrons. The molecular formula is C17H22Cl2O3. The van der Waals surface area contributed by atoms with Gasteiger partial charge in [0.1, 0.15) is 12.2 Å². The third-order valence-corrected chi connectivity index (χ3v) is 4.27. The van der Waals surface area contributed by atoms with Gasteiger partial charge in [-0.2, -0.15) is 0 Å². The van der Waals surface area contributed by atoms with Crippen LogP contribution in [0, 0.1) is 12.3 Å². The van der Waals surface area contributed by atoms with Gasteiger partial charge in [0.15, 0.2) is 0 Å². The lowest BCUT2D eigenvalue weighted by Crippen LogP contribution is -2.24. The Morgan fingerprint density at radius 3 is 2.86 bits per heavy atom. The first-order valence-electron chi connectivity index (χ1n) is 7.38. The van der Waals surface area contributed by atoms with Crippen molar-refractivity contribution in [2.75, 3.05) is 0 Å². The highest BCUT2D eigenvalue weighted by Gasteiger charge is 2.39. The number of alkyl halides is 2. The maximum absolute atomic E-state index is 11.2. The zero-order valence-electron chi connectivity index (χ0n) is 12.9. The van der Waals surface area contributed by atoms with E-state index in [1.165, 1.54) is 6.92 Å². The number of allylic oxidation sites excluding steroid dienone is 3. The first-order valence-corrected chi connectivity index (χ1v) is 8.25. The van der Waals surface area contributed by atoms with Crippen LogP contribution in [-0.2, 0) is 14.3 Å². The molecule has 1 heterocycles. The van der Waals surface area contributed by atoms with Crippen molar-refractivity contribution in [2.24, 2.45) is 0 Å².